The first-order chi connectivity index (χ1) is 10.9. The van der Waals surface area contributed by atoms with Gasteiger partial charge in [-0.05, 0) is 44.4 Å². The van der Waals surface area contributed by atoms with E-state index in [1.165, 1.54) is 4.90 Å². The Bertz CT molecular complexity index is 646. The molecule has 0 aromatic heterocycles. The molecule has 1 aromatic carbocycles. The lowest BCUT2D eigenvalue weighted by Crippen LogP contribution is -2.40. The Morgan fingerprint density at radius 1 is 1.13 bits per heavy atom. The highest BCUT2D eigenvalue weighted by Crippen LogP contribution is 2.20. The number of hydrogen-bond donors (Lipinski definition) is 1. The average Bonchev–Trinajstić information content (AvgIpc) is 3.11. The Kier molecular flexibility index (Phi) is 3.83. The number of imide groups is 1. The smallest absolute Gasteiger partial charge is 0.325 e. The van der Waals surface area contributed by atoms with Crippen LogP contribution in [0.5, 0.6) is 0 Å². The van der Waals surface area contributed by atoms with Crippen molar-refractivity contribution < 1.29 is 14.4 Å². The Morgan fingerprint density at radius 3 is 2.26 bits per heavy atom. The summed E-state index contributed by atoms with van der Waals surface area (Å²) >= 11 is 0. The third-order valence-electron chi connectivity index (χ3n) is 4.38. The van der Waals surface area contributed by atoms with Crippen molar-refractivity contribution in [2.75, 3.05) is 13.1 Å². The van der Waals surface area contributed by atoms with E-state index < -0.39 is 5.54 Å². The highest BCUT2D eigenvalue weighted by atomic mass is 16.2. The van der Waals surface area contributed by atoms with Gasteiger partial charge in [0.1, 0.15) is 5.54 Å². The van der Waals surface area contributed by atoms with Crippen molar-refractivity contribution in [2.24, 2.45) is 0 Å². The molecule has 0 atom stereocenters. The van der Waals surface area contributed by atoms with E-state index in [0.717, 1.165) is 31.5 Å². The lowest BCUT2D eigenvalue weighted by molar-refractivity contribution is -0.130. The van der Waals surface area contributed by atoms with Gasteiger partial charge in [0.2, 0.25) is 0 Å². The molecule has 2 heterocycles. The average molecular weight is 315 g/mol. The summed E-state index contributed by atoms with van der Waals surface area (Å²) in [7, 11) is 0. The van der Waals surface area contributed by atoms with Crippen LogP contribution >= 0.6 is 0 Å². The molecule has 3 rings (SSSR count). The van der Waals surface area contributed by atoms with E-state index >= 15 is 0 Å². The quantitative estimate of drug-likeness (QED) is 0.864. The third kappa shape index (κ3) is 2.93. The van der Waals surface area contributed by atoms with Crippen LogP contribution in [0.4, 0.5) is 4.79 Å². The van der Waals surface area contributed by atoms with Crippen LogP contribution in [0.15, 0.2) is 24.3 Å². The summed E-state index contributed by atoms with van der Waals surface area (Å²) in [5, 5.41) is 2.66. The molecule has 1 aromatic rings. The second-order valence-corrected chi connectivity index (χ2v) is 6.64. The number of hydrogen-bond acceptors (Lipinski definition) is 3. The number of nitrogens with one attached hydrogen (secondary N) is 1. The topological polar surface area (TPSA) is 69.7 Å². The van der Waals surface area contributed by atoms with Crippen molar-refractivity contribution in [3.05, 3.63) is 35.4 Å². The summed E-state index contributed by atoms with van der Waals surface area (Å²) in [5.41, 5.74) is 0.611. The standard InChI is InChI=1S/C17H21N3O3/c1-17(2)15(22)20(16(23)18-17)11-12-5-7-13(8-6-12)14(21)19-9-3-4-10-19/h5-8H,3-4,9-11H2,1-2H3,(H,18,23). The third-order valence-corrected chi connectivity index (χ3v) is 4.38. The maximum atomic E-state index is 12.3. The van der Waals surface area contributed by atoms with Gasteiger partial charge in [-0.1, -0.05) is 12.1 Å². The first kappa shape index (κ1) is 15.5. The summed E-state index contributed by atoms with van der Waals surface area (Å²) < 4.78 is 0. The molecule has 1 N–H and O–H groups in total. The maximum absolute atomic E-state index is 12.3. The lowest BCUT2D eigenvalue weighted by Gasteiger charge is -2.17. The van der Waals surface area contributed by atoms with Gasteiger partial charge in [0.25, 0.3) is 11.8 Å². The molecule has 2 aliphatic rings. The Labute approximate surface area is 135 Å². The number of nitrogens with zero attached hydrogens (tertiary/aromatic N) is 2. The fraction of sp³-hybridized carbons (Fsp3) is 0.471. The van der Waals surface area contributed by atoms with Gasteiger partial charge in [0.15, 0.2) is 0 Å². The van der Waals surface area contributed by atoms with E-state index in [4.69, 9.17) is 0 Å². The van der Waals surface area contributed by atoms with Crippen LogP contribution in [0.1, 0.15) is 42.6 Å². The van der Waals surface area contributed by atoms with E-state index in [-0.39, 0.29) is 24.4 Å². The van der Waals surface area contributed by atoms with Gasteiger partial charge in [-0.2, -0.15) is 0 Å². The molecule has 122 valence electrons. The zero-order chi connectivity index (χ0) is 16.6. The molecular formula is C17H21N3O3. The molecule has 6 heteroatoms. The molecule has 0 unspecified atom stereocenters. The first-order valence-electron chi connectivity index (χ1n) is 7.91. The van der Waals surface area contributed by atoms with Crippen LogP contribution in [0.25, 0.3) is 0 Å². The minimum absolute atomic E-state index is 0.0465. The molecule has 2 saturated heterocycles. The summed E-state index contributed by atoms with van der Waals surface area (Å²) in [6.45, 7) is 5.22. The Balaban J connectivity index is 1.69. The van der Waals surface area contributed by atoms with Crippen molar-refractivity contribution >= 4 is 17.8 Å². The fourth-order valence-corrected chi connectivity index (χ4v) is 3.00. The minimum Gasteiger partial charge on any atom is -0.339 e. The summed E-state index contributed by atoms with van der Waals surface area (Å²) in [6, 6.07) is 6.75. The van der Waals surface area contributed by atoms with E-state index in [1.54, 1.807) is 38.1 Å². The van der Waals surface area contributed by atoms with Crippen molar-refractivity contribution in [3.63, 3.8) is 0 Å². The predicted octanol–water partition coefficient (Wildman–Crippen LogP) is 1.75. The number of likely N-dealkylation sites (tertiary alicyclic amines) is 1. The first-order valence-corrected chi connectivity index (χ1v) is 7.91. The van der Waals surface area contributed by atoms with Crippen molar-refractivity contribution in [3.8, 4) is 0 Å². The van der Waals surface area contributed by atoms with Crippen LogP contribution in [0.2, 0.25) is 0 Å². The van der Waals surface area contributed by atoms with E-state index in [9.17, 15) is 14.4 Å². The second kappa shape index (κ2) is 5.68. The molecule has 4 amide bonds. The molecule has 0 aliphatic carbocycles. The number of amides is 4. The van der Waals surface area contributed by atoms with E-state index in [0.29, 0.717) is 5.56 Å². The van der Waals surface area contributed by atoms with E-state index in [1.807, 2.05) is 4.90 Å². The normalized spacial score (nSPS) is 20.1. The van der Waals surface area contributed by atoms with Gasteiger partial charge in [-0.25, -0.2) is 4.79 Å². The zero-order valence-corrected chi connectivity index (χ0v) is 13.5. The highest BCUT2D eigenvalue weighted by molar-refractivity contribution is 6.06. The number of rotatable bonds is 3. The highest BCUT2D eigenvalue weighted by Gasteiger charge is 2.44. The monoisotopic (exact) mass is 315 g/mol. The number of carbonyl (C=O) groups is 3. The zero-order valence-electron chi connectivity index (χ0n) is 13.5. The van der Waals surface area contributed by atoms with Crippen LogP contribution in [-0.2, 0) is 11.3 Å². The van der Waals surface area contributed by atoms with Gasteiger partial charge in [-0.3, -0.25) is 14.5 Å². The Hall–Kier alpha value is -2.37. The van der Waals surface area contributed by atoms with E-state index in [2.05, 4.69) is 5.32 Å². The molecule has 6 nitrogen and oxygen atoms in total. The van der Waals surface area contributed by atoms with Crippen LogP contribution in [0, 0.1) is 0 Å². The summed E-state index contributed by atoms with van der Waals surface area (Å²) in [4.78, 5) is 39.4. The lowest BCUT2D eigenvalue weighted by atomic mass is 10.1. The molecule has 0 spiro atoms. The number of carbonyl (C=O) groups excluding carboxylic acids is 3. The molecule has 0 radical (unpaired) electrons. The van der Waals surface area contributed by atoms with Gasteiger partial charge < -0.3 is 10.2 Å². The molecule has 2 aliphatic heterocycles. The largest absolute Gasteiger partial charge is 0.339 e. The molecule has 0 bridgehead atoms. The van der Waals surface area contributed by atoms with Crippen LogP contribution in [-0.4, -0.2) is 46.3 Å². The van der Waals surface area contributed by atoms with Crippen LogP contribution < -0.4 is 5.32 Å². The minimum atomic E-state index is -0.858. The van der Waals surface area contributed by atoms with Gasteiger partial charge in [0, 0.05) is 18.7 Å². The molecule has 0 saturated carbocycles. The van der Waals surface area contributed by atoms with Gasteiger partial charge in [-0.15, -0.1) is 0 Å². The molecule has 2 fully saturated rings. The number of benzene rings is 1. The summed E-state index contributed by atoms with van der Waals surface area (Å²) in [5.74, 6) is -0.190. The van der Waals surface area contributed by atoms with Crippen molar-refractivity contribution in [1.82, 2.24) is 15.1 Å². The maximum Gasteiger partial charge on any atom is 0.325 e. The molecule has 23 heavy (non-hydrogen) atoms. The fourth-order valence-electron chi connectivity index (χ4n) is 3.00. The summed E-state index contributed by atoms with van der Waals surface area (Å²) in [6.07, 6.45) is 2.12. The van der Waals surface area contributed by atoms with Crippen molar-refractivity contribution in [1.29, 1.82) is 0 Å². The SMILES string of the molecule is CC1(C)NC(=O)N(Cc2ccc(C(=O)N3CCCC3)cc2)C1=O. The van der Waals surface area contributed by atoms with Gasteiger partial charge in [0.05, 0.1) is 6.54 Å². The number of urea groups is 1. The van der Waals surface area contributed by atoms with Gasteiger partial charge >= 0.3 is 6.03 Å². The van der Waals surface area contributed by atoms with Crippen LogP contribution in [0.3, 0.4) is 0 Å². The van der Waals surface area contributed by atoms with Crippen molar-refractivity contribution in [2.45, 2.75) is 38.8 Å². The molecular weight excluding hydrogens is 294 g/mol. The Morgan fingerprint density at radius 2 is 1.74 bits per heavy atom. The predicted molar refractivity (Wildman–Crippen MR) is 84.7 cm³/mol. The second-order valence-electron chi connectivity index (χ2n) is 6.64.